The minimum Gasteiger partial charge on any atom is -0.497 e. The predicted octanol–water partition coefficient (Wildman–Crippen LogP) is 5.83. The molecule has 0 fully saturated rings. The van der Waals surface area contributed by atoms with Crippen LogP contribution >= 0.6 is 23.2 Å². The van der Waals surface area contributed by atoms with Crippen molar-refractivity contribution >= 4 is 28.9 Å². The number of hydrogen-bond acceptors (Lipinski definition) is 2. The Balaban J connectivity index is 1.78. The van der Waals surface area contributed by atoms with Crippen molar-refractivity contribution in [1.82, 2.24) is 0 Å². The van der Waals surface area contributed by atoms with Crippen molar-refractivity contribution in [2.45, 2.75) is 18.4 Å². The highest BCUT2D eigenvalue weighted by Gasteiger charge is 2.38. The number of benzene rings is 2. The SMILES string of the molecule is COc1ccc(C2Nc3c(ccc(Cl)c3Cl)C3C=CCC32)cc1. The van der Waals surface area contributed by atoms with E-state index in [4.69, 9.17) is 27.9 Å². The standard InChI is InChI=1S/C19H17Cl2NO/c1-23-12-7-5-11(6-8-12)18-14-4-2-3-13(14)15-9-10-16(20)17(21)19(15)22-18/h2-3,5-10,13-14,18,22H,4H2,1H3. The molecule has 118 valence electrons. The zero-order valence-electron chi connectivity index (χ0n) is 12.7. The second kappa shape index (κ2) is 5.77. The third-order valence-corrected chi connectivity index (χ3v) is 5.71. The van der Waals surface area contributed by atoms with E-state index in [1.165, 1.54) is 11.1 Å². The van der Waals surface area contributed by atoms with Crippen LogP contribution in [0.2, 0.25) is 10.0 Å². The number of rotatable bonds is 2. The Hall–Kier alpha value is -1.64. The van der Waals surface area contributed by atoms with E-state index in [1.54, 1.807) is 7.11 Å². The zero-order chi connectivity index (χ0) is 16.0. The summed E-state index contributed by atoms with van der Waals surface area (Å²) in [7, 11) is 1.68. The maximum absolute atomic E-state index is 6.46. The highest BCUT2D eigenvalue weighted by Crippen LogP contribution is 2.52. The van der Waals surface area contributed by atoms with Crippen LogP contribution in [0.25, 0.3) is 0 Å². The lowest BCUT2D eigenvalue weighted by Gasteiger charge is -2.38. The lowest BCUT2D eigenvalue weighted by molar-refractivity contribution is 0.411. The first-order chi connectivity index (χ1) is 11.2. The van der Waals surface area contributed by atoms with Gasteiger partial charge >= 0.3 is 0 Å². The molecule has 2 aliphatic rings. The molecule has 0 saturated carbocycles. The fraction of sp³-hybridized carbons (Fsp3) is 0.263. The van der Waals surface area contributed by atoms with Crippen LogP contribution < -0.4 is 10.1 Å². The van der Waals surface area contributed by atoms with Gasteiger partial charge in [-0.15, -0.1) is 0 Å². The van der Waals surface area contributed by atoms with Gasteiger partial charge in [0.05, 0.1) is 28.9 Å². The summed E-state index contributed by atoms with van der Waals surface area (Å²) in [5, 5.41) is 4.84. The van der Waals surface area contributed by atoms with E-state index in [-0.39, 0.29) is 6.04 Å². The molecule has 1 aliphatic heterocycles. The van der Waals surface area contributed by atoms with E-state index in [9.17, 15) is 0 Å². The molecule has 23 heavy (non-hydrogen) atoms. The minimum atomic E-state index is 0.212. The Labute approximate surface area is 146 Å². The van der Waals surface area contributed by atoms with E-state index < -0.39 is 0 Å². The number of nitrogens with one attached hydrogen (secondary N) is 1. The van der Waals surface area contributed by atoms with Gasteiger partial charge in [0.15, 0.2) is 0 Å². The highest BCUT2D eigenvalue weighted by atomic mass is 35.5. The molecule has 1 aliphatic carbocycles. The first kappa shape index (κ1) is 14.9. The molecule has 2 nitrogen and oxygen atoms in total. The smallest absolute Gasteiger partial charge is 0.118 e. The lowest BCUT2D eigenvalue weighted by Crippen LogP contribution is -2.29. The first-order valence-electron chi connectivity index (χ1n) is 7.74. The second-order valence-electron chi connectivity index (χ2n) is 6.07. The van der Waals surface area contributed by atoms with Crippen molar-refractivity contribution in [1.29, 1.82) is 0 Å². The van der Waals surface area contributed by atoms with E-state index in [2.05, 4.69) is 35.7 Å². The summed E-state index contributed by atoms with van der Waals surface area (Å²) in [6.45, 7) is 0. The molecule has 0 bridgehead atoms. The van der Waals surface area contributed by atoms with E-state index in [0.717, 1.165) is 17.9 Å². The van der Waals surface area contributed by atoms with Gasteiger partial charge < -0.3 is 10.1 Å². The van der Waals surface area contributed by atoms with E-state index in [1.807, 2.05) is 18.2 Å². The molecule has 0 amide bonds. The summed E-state index contributed by atoms with van der Waals surface area (Å²) >= 11 is 12.7. The topological polar surface area (TPSA) is 21.3 Å². The average Bonchev–Trinajstić information content (AvgIpc) is 3.07. The minimum absolute atomic E-state index is 0.212. The summed E-state index contributed by atoms with van der Waals surface area (Å²) in [5.41, 5.74) is 3.45. The van der Waals surface area contributed by atoms with Gasteiger partial charge in [-0.2, -0.15) is 0 Å². The molecule has 2 aromatic carbocycles. The second-order valence-corrected chi connectivity index (χ2v) is 6.86. The molecular formula is C19H17Cl2NO. The van der Waals surface area contributed by atoms with Crippen LogP contribution in [-0.4, -0.2) is 7.11 Å². The monoisotopic (exact) mass is 345 g/mol. The summed E-state index contributed by atoms with van der Waals surface area (Å²) in [5.74, 6) is 1.74. The Bertz CT molecular complexity index is 770. The van der Waals surface area contributed by atoms with E-state index >= 15 is 0 Å². The van der Waals surface area contributed by atoms with Gasteiger partial charge in [0, 0.05) is 5.92 Å². The van der Waals surface area contributed by atoms with Crippen molar-refractivity contribution in [2.75, 3.05) is 12.4 Å². The van der Waals surface area contributed by atoms with Gasteiger partial charge in [0.2, 0.25) is 0 Å². The summed E-state index contributed by atoms with van der Waals surface area (Å²) in [6.07, 6.45) is 5.63. The maximum Gasteiger partial charge on any atom is 0.118 e. The summed E-state index contributed by atoms with van der Waals surface area (Å²) < 4.78 is 5.26. The molecule has 0 radical (unpaired) electrons. The molecule has 0 saturated heterocycles. The molecule has 1 N–H and O–H groups in total. The Morgan fingerprint density at radius 3 is 2.61 bits per heavy atom. The van der Waals surface area contributed by atoms with E-state index in [0.29, 0.717) is 21.9 Å². The van der Waals surface area contributed by atoms with Crippen molar-refractivity contribution in [3.63, 3.8) is 0 Å². The molecule has 4 rings (SSSR count). The van der Waals surface area contributed by atoms with Gasteiger partial charge in [0.25, 0.3) is 0 Å². The van der Waals surface area contributed by atoms with Crippen molar-refractivity contribution in [3.05, 3.63) is 69.7 Å². The van der Waals surface area contributed by atoms with Crippen LogP contribution in [0.5, 0.6) is 5.75 Å². The number of allylic oxidation sites excluding steroid dienone is 2. The van der Waals surface area contributed by atoms with Crippen molar-refractivity contribution in [2.24, 2.45) is 5.92 Å². The third kappa shape index (κ3) is 2.41. The summed E-state index contributed by atoms with van der Waals surface area (Å²) in [6, 6.07) is 12.4. The molecular weight excluding hydrogens is 329 g/mol. The highest BCUT2D eigenvalue weighted by molar-refractivity contribution is 6.43. The van der Waals surface area contributed by atoms with Crippen molar-refractivity contribution < 1.29 is 4.74 Å². The first-order valence-corrected chi connectivity index (χ1v) is 8.49. The van der Waals surface area contributed by atoms with Gasteiger partial charge in [-0.3, -0.25) is 0 Å². The number of halogens is 2. The van der Waals surface area contributed by atoms with Crippen LogP contribution in [-0.2, 0) is 0 Å². The molecule has 3 unspecified atom stereocenters. The number of anilines is 1. The Kier molecular flexibility index (Phi) is 3.74. The van der Waals surface area contributed by atoms with Gasteiger partial charge in [-0.1, -0.05) is 53.6 Å². The maximum atomic E-state index is 6.46. The normalized spacial score (nSPS) is 24.7. The molecule has 0 spiro atoms. The molecule has 1 heterocycles. The molecule has 3 atom stereocenters. The largest absolute Gasteiger partial charge is 0.497 e. The van der Waals surface area contributed by atoms with Gasteiger partial charge in [-0.05, 0) is 41.7 Å². The number of methoxy groups -OCH3 is 1. The third-order valence-electron chi connectivity index (χ3n) is 4.90. The van der Waals surface area contributed by atoms with Crippen LogP contribution in [0, 0.1) is 5.92 Å². The zero-order valence-corrected chi connectivity index (χ0v) is 14.2. The number of hydrogen-bond donors (Lipinski definition) is 1. The Morgan fingerprint density at radius 1 is 1.09 bits per heavy atom. The van der Waals surface area contributed by atoms with Crippen LogP contribution in [0.4, 0.5) is 5.69 Å². The van der Waals surface area contributed by atoms with Crippen LogP contribution in [0.1, 0.15) is 29.5 Å². The van der Waals surface area contributed by atoms with Gasteiger partial charge in [-0.25, -0.2) is 0 Å². The van der Waals surface area contributed by atoms with Crippen LogP contribution in [0.3, 0.4) is 0 Å². The molecule has 0 aromatic heterocycles. The number of fused-ring (bicyclic) bond motifs is 3. The fourth-order valence-electron chi connectivity index (χ4n) is 3.74. The summed E-state index contributed by atoms with van der Waals surface area (Å²) in [4.78, 5) is 0. The Morgan fingerprint density at radius 2 is 1.87 bits per heavy atom. The predicted molar refractivity (Wildman–Crippen MR) is 95.8 cm³/mol. The molecule has 2 aromatic rings. The lowest BCUT2D eigenvalue weighted by atomic mass is 9.77. The fourth-order valence-corrected chi connectivity index (χ4v) is 4.13. The number of ether oxygens (including phenoxy) is 1. The van der Waals surface area contributed by atoms with Crippen LogP contribution in [0.15, 0.2) is 48.6 Å². The molecule has 4 heteroatoms. The average molecular weight is 346 g/mol. The van der Waals surface area contributed by atoms with Crippen molar-refractivity contribution in [3.8, 4) is 5.75 Å². The van der Waals surface area contributed by atoms with Gasteiger partial charge in [0.1, 0.15) is 5.75 Å². The quantitative estimate of drug-likeness (QED) is 0.691.